The lowest BCUT2D eigenvalue weighted by molar-refractivity contribution is -0.127. The molecule has 4 heteroatoms. The van der Waals surface area contributed by atoms with Gasteiger partial charge in [0.2, 0.25) is 5.91 Å². The van der Waals surface area contributed by atoms with Crippen LogP contribution in [0.1, 0.15) is 41.0 Å². The van der Waals surface area contributed by atoms with E-state index < -0.39 is 0 Å². The molecular weight excluding hydrogens is 202 g/mol. The second-order valence-electron chi connectivity index (χ2n) is 4.81. The second kappa shape index (κ2) is 7.63. The van der Waals surface area contributed by atoms with Crippen LogP contribution in [0.2, 0.25) is 0 Å². The van der Waals surface area contributed by atoms with Crippen LogP contribution in [-0.2, 0) is 4.79 Å². The van der Waals surface area contributed by atoms with Gasteiger partial charge in [-0.1, -0.05) is 0 Å². The van der Waals surface area contributed by atoms with Gasteiger partial charge in [-0.25, -0.2) is 0 Å². The molecule has 0 aliphatic carbocycles. The summed E-state index contributed by atoms with van der Waals surface area (Å²) in [5, 5.41) is 2.94. The number of hydrogen-bond acceptors (Lipinski definition) is 3. The third-order valence-corrected chi connectivity index (χ3v) is 2.59. The van der Waals surface area contributed by atoms with E-state index in [9.17, 15) is 4.79 Å². The summed E-state index contributed by atoms with van der Waals surface area (Å²) in [6.07, 6.45) is 0.928. The third-order valence-electron chi connectivity index (χ3n) is 2.59. The molecule has 0 aliphatic rings. The number of nitrogens with one attached hydrogen (secondary N) is 1. The Labute approximate surface area is 99.6 Å². The van der Waals surface area contributed by atoms with E-state index in [1.165, 1.54) is 0 Å². The van der Waals surface area contributed by atoms with Gasteiger partial charge in [0.25, 0.3) is 0 Å². The van der Waals surface area contributed by atoms with Gasteiger partial charge < -0.3 is 11.1 Å². The molecule has 96 valence electrons. The average molecular weight is 229 g/mol. The Hall–Kier alpha value is -0.610. The molecule has 0 heterocycles. The van der Waals surface area contributed by atoms with E-state index >= 15 is 0 Å². The van der Waals surface area contributed by atoms with Gasteiger partial charge in [0.05, 0.1) is 6.04 Å². The highest BCUT2D eigenvalue weighted by Crippen LogP contribution is 2.06. The minimum absolute atomic E-state index is 0.0889. The first-order chi connectivity index (χ1) is 7.40. The van der Waals surface area contributed by atoms with E-state index in [4.69, 9.17) is 5.73 Å². The standard InChI is InChI=1S/C12H27N3O/c1-9(2)14-12(16)11(5)15(10(3)4)8-6-7-13/h9-11H,6-8,13H2,1-5H3,(H,14,16). The minimum Gasteiger partial charge on any atom is -0.353 e. The van der Waals surface area contributed by atoms with Gasteiger partial charge in [0.1, 0.15) is 0 Å². The van der Waals surface area contributed by atoms with Crippen LogP contribution < -0.4 is 11.1 Å². The lowest BCUT2D eigenvalue weighted by atomic mass is 10.1. The van der Waals surface area contributed by atoms with Crippen molar-refractivity contribution in [3.8, 4) is 0 Å². The van der Waals surface area contributed by atoms with E-state index in [0.717, 1.165) is 13.0 Å². The number of hydrogen-bond donors (Lipinski definition) is 2. The zero-order valence-electron chi connectivity index (χ0n) is 11.3. The molecule has 0 aromatic carbocycles. The minimum atomic E-state index is -0.0889. The molecule has 1 unspecified atom stereocenters. The fourth-order valence-corrected chi connectivity index (χ4v) is 1.73. The number of carbonyl (C=O) groups excluding carboxylic acids is 1. The van der Waals surface area contributed by atoms with Crippen LogP contribution in [0.25, 0.3) is 0 Å². The van der Waals surface area contributed by atoms with E-state index in [1.807, 2.05) is 20.8 Å². The van der Waals surface area contributed by atoms with Gasteiger partial charge in [-0.2, -0.15) is 0 Å². The zero-order chi connectivity index (χ0) is 12.7. The van der Waals surface area contributed by atoms with Crippen molar-refractivity contribution < 1.29 is 4.79 Å². The molecule has 0 radical (unpaired) electrons. The first kappa shape index (κ1) is 15.4. The first-order valence-corrected chi connectivity index (χ1v) is 6.16. The van der Waals surface area contributed by atoms with Crippen LogP contribution in [0, 0.1) is 0 Å². The number of nitrogens with two attached hydrogens (primary N) is 1. The van der Waals surface area contributed by atoms with Crippen molar-refractivity contribution >= 4 is 5.91 Å². The molecule has 0 aliphatic heterocycles. The summed E-state index contributed by atoms with van der Waals surface area (Å²) in [5.74, 6) is 0.0979. The van der Waals surface area contributed by atoms with Crippen LogP contribution in [-0.4, -0.2) is 42.0 Å². The summed E-state index contributed by atoms with van der Waals surface area (Å²) >= 11 is 0. The third kappa shape index (κ3) is 5.47. The Balaban J connectivity index is 4.35. The summed E-state index contributed by atoms with van der Waals surface area (Å²) < 4.78 is 0. The maximum atomic E-state index is 11.9. The molecule has 0 aromatic rings. The maximum Gasteiger partial charge on any atom is 0.237 e. The fraction of sp³-hybridized carbons (Fsp3) is 0.917. The molecule has 3 N–H and O–H groups in total. The molecule has 0 bridgehead atoms. The molecule has 0 saturated carbocycles. The summed E-state index contributed by atoms with van der Waals surface area (Å²) in [7, 11) is 0. The Morgan fingerprint density at radius 1 is 1.25 bits per heavy atom. The summed E-state index contributed by atoms with van der Waals surface area (Å²) in [4.78, 5) is 14.1. The molecular formula is C12H27N3O. The van der Waals surface area contributed by atoms with Crippen LogP contribution >= 0.6 is 0 Å². The van der Waals surface area contributed by atoms with Crippen molar-refractivity contribution in [1.29, 1.82) is 0 Å². The second-order valence-corrected chi connectivity index (χ2v) is 4.81. The van der Waals surface area contributed by atoms with Crippen molar-refractivity contribution in [2.45, 2.75) is 59.2 Å². The van der Waals surface area contributed by atoms with Gasteiger partial charge in [-0.3, -0.25) is 9.69 Å². The van der Waals surface area contributed by atoms with Crippen molar-refractivity contribution in [3.05, 3.63) is 0 Å². The highest BCUT2D eigenvalue weighted by Gasteiger charge is 2.23. The molecule has 0 aromatic heterocycles. The summed E-state index contributed by atoms with van der Waals surface area (Å²) in [6.45, 7) is 11.7. The van der Waals surface area contributed by atoms with Crippen LogP contribution in [0.4, 0.5) is 0 Å². The van der Waals surface area contributed by atoms with Gasteiger partial charge in [-0.05, 0) is 47.6 Å². The van der Waals surface area contributed by atoms with E-state index in [0.29, 0.717) is 12.6 Å². The predicted molar refractivity (Wildman–Crippen MR) is 68.3 cm³/mol. The molecule has 0 fully saturated rings. The van der Waals surface area contributed by atoms with Crippen molar-refractivity contribution in [3.63, 3.8) is 0 Å². The Kier molecular flexibility index (Phi) is 7.34. The number of carbonyl (C=O) groups is 1. The van der Waals surface area contributed by atoms with Crippen molar-refractivity contribution in [2.75, 3.05) is 13.1 Å². The monoisotopic (exact) mass is 229 g/mol. The smallest absolute Gasteiger partial charge is 0.237 e. The Bertz CT molecular complexity index is 204. The van der Waals surface area contributed by atoms with E-state index in [2.05, 4.69) is 24.1 Å². The predicted octanol–water partition coefficient (Wildman–Crippen LogP) is 0.959. The Morgan fingerprint density at radius 2 is 1.81 bits per heavy atom. The largest absolute Gasteiger partial charge is 0.353 e. The van der Waals surface area contributed by atoms with Gasteiger partial charge in [0.15, 0.2) is 0 Å². The lowest BCUT2D eigenvalue weighted by Gasteiger charge is -2.32. The molecule has 1 atom stereocenters. The summed E-state index contributed by atoms with van der Waals surface area (Å²) in [5.41, 5.74) is 5.51. The van der Waals surface area contributed by atoms with Crippen LogP contribution in [0.5, 0.6) is 0 Å². The molecule has 1 amide bonds. The quantitative estimate of drug-likeness (QED) is 0.683. The SMILES string of the molecule is CC(C)NC(=O)C(C)N(CCCN)C(C)C. The molecule has 16 heavy (non-hydrogen) atoms. The zero-order valence-corrected chi connectivity index (χ0v) is 11.3. The molecule has 0 spiro atoms. The summed E-state index contributed by atoms with van der Waals surface area (Å²) in [6, 6.07) is 0.465. The molecule has 0 saturated heterocycles. The number of rotatable bonds is 7. The van der Waals surface area contributed by atoms with Gasteiger partial charge >= 0.3 is 0 Å². The topological polar surface area (TPSA) is 58.4 Å². The van der Waals surface area contributed by atoms with Crippen LogP contribution in [0.15, 0.2) is 0 Å². The maximum absolute atomic E-state index is 11.9. The first-order valence-electron chi connectivity index (χ1n) is 6.16. The van der Waals surface area contributed by atoms with Crippen molar-refractivity contribution in [1.82, 2.24) is 10.2 Å². The van der Waals surface area contributed by atoms with Gasteiger partial charge in [-0.15, -0.1) is 0 Å². The van der Waals surface area contributed by atoms with Gasteiger partial charge in [0, 0.05) is 18.6 Å². The fourth-order valence-electron chi connectivity index (χ4n) is 1.73. The highest BCUT2D eigenvalue weighted by molar-refractivity contribution is 5.81. The lowest BCUT2D eigenvalue weighted by Crippen LogP contribution is -2.50. The normalized spacial score (nSPS) is 13.6. The average Bonchev–Trinajstić information content (AvgIpc) is 2.16. The number of nitrogens with zero attached hydrogens (tertiary/aromatic N) is 1. The van der Waals surface area contributed by atoms with E-state index in [-0.39, 0.29) is 18.0 Å². The van der Waals surface area contributed by atoms with Crippen LogP contribution in [0.3, 0.4) is 0 Å². The number of amides is 1. The molecule has 4 nitrogen and oxygen atoms in total. The Morgan fingerprint density at radius 3 is 2.19 bits per heavy atom. The van der Waals surface area contributed by atoms with Crippen molar-refractivity contribution in [2.24, 2.45) is 5.73 Å². The van der Waals surface area contributed by atoms with E-state index in [1.54, 1.807) is 0 Å². The highest BCUT2D eigenvalue weighted by atomic mass is 16.2. The molecule has 0 rings (SSSR count).